The van der Waals surface area contributed by atoms with Crippen LogP contribution < -0.4 is 46.6 Å². The van der Waals surface area contributed by atoms with Crippen LogP contribution in [0.4, 0.5) is 0 Å². The lowest BCUT2D eigenvalue weighted by molar-refractivity contribution is 0.465. The molecule has 0 N–H and O–H groups in total. The molecule has 276 valence electrons. The van der Waals surface area contributed by atoms with E-state index in [0.29, 0.717) is 0 Å². The molecule has 3 heterocycles. The van der Waals surface area contributed by atoms with Crippen LogP contribution in [0.5, 0.6) is 23.0 Å². The molecule has 0 amide bonds. The van der Waals surface area contributed by atoms with Gasteiger partial charge in [0.15, 0.2) is 8.07 Å². The zero-order chi connectivity index (χ0) is 38.9. The predicted octanol–water partition coefficient (Wildman–Crippen LogP) is 8.56. The van der Waals surface area contributed by atoms with Crippen molar-refractivity contribution in [1.82, 2.24) is 4.57 Å². The fourth-order valence-corrected chi connectivity index (χ4v) is 14.8. The van der Waals surface area contributed by atoms with Crippen LogP contribution >= 0.6 is 0 Å². The second kappa shape index (κ2) is 13.4. The van der Waals surface area contributed by atoms with Crippen LogP contribution in [0.25, 0.3) is 38.6 Å². The largest absolute Gasteiger partial charge is 0.458 e. The first-order chi connectivity index (χ1) is 29.3. The molecule has 12 rings (SSSR count). The Morgan fingerprint density at radius 2 is 0.949 bits per heavy atom. The quantitative estimate of drug-likeness (QED) is 0.125. The number of ether oxygens (including phenoxy) is 2. The molecule has 0 aliphatic carbocycles. The Morgan fingerprint density at radius 3 is 1.61 bits per heavy atom. The third-order valence-corrected chi connectivity index (χ3v) is 17.3. The molecule has 1 aromatic heterocycles. The Bertz CT molecular complexity index is 3090. The third-order valence-electron chi connectivity index (χ3n) is 12.5. The molecule has 0 saturated heterocycles. The standard InChI is InChI=1S/C54H36BNO2Si/c1-4-18-39(19-5-1)59(40-20-6-2-7-21-40,41-22-8-3-9-23-41)42-24-16-17-37(35-42)43-32-34-51-53-54(43)58-52-36-38(31-33-47(52)55(53)46-27-12-15-30-50(46)57-51)56-48-28-13-10-25-44(48)45-26-11-14-29-49(45)56/h1-36H. The number of fused-ring (bicyclic) bond motifs is 7. The average Bonchev–Trinajstić information content (AvgIpc) is 3.65. The minimum absolute atomic E-state index is 0.0598. The number of benzene rings is 9. The number of hydrogen-bond donors (Lipinski definition) is 0. The Kier molecular flexibility index (Phi) is 7.65. The molecule has 0 saturated carbocycles. The van der Waals surface area contributed by atoms with Gasteiger partial charge in [-0.15, -0.1) is 0 Å². The molecule has 0 unspecified atom stereocenters. The van der Waals surface area contributed by atoms with E-state index in [1.165, 1.54) is 42.6 Å². The van der Waals surface area contributed by atoms with Crippen LogP contribution in [0.15, 0.2) is 218 Å². The van der Waals surface area contributed by atoms with Gasteiger partial charge in [0, 0.05) is 33.6 Å². The van der Waals surface area contributed by atoms with Gasteiger partial charge in [-0.2, -0.15) is 0 Å². The van der Waals surface area contributed by atoms with Crippen LogP contribution in [-0.4, -0.2) is 19.4 Å². The van der Waals surface area contributed by atoms with E-state index in [4.69, 9.17) is 9.47 Å². The Balaban J connectivity index is 1.08. The Morgan fingerprint density at radius 1 is 0.390 bits per heavy atom. The summed E-state index contributed by atoms with van der Waals surface area (Å²) in [6.45, 7) is -0.0598. The fraction of sp³-hybridized carbons (Fsp3) is 0. The van der Waals surface area contributed by atoms with Gasteiger partial charge in [-0.05, 0) is 73.6 Å². The highest BCUT2D eigenvalue weighted by atomic mass is 28.3. The average molecular weight is 770 g/mol. The highest BCUT2D eigenvalue weighted by Crippen LogP contribution is 2.42. The number of rotatable bonds is 6. The van der Waals surface area contributed by atoms with Gasteiger partial charge in [0.25, 0.3) is 6.71 Å². The van der Waals surface area contributed by atoms with Crippen molar-refractivity contribution in [1.29, 1.82) is 0 Å². The maximum Gasteiger partial charge on any atom is 0.260 e. The molecule has 59 heavy (non-hydrogen) atoms. The highest BCUT2D eigenvalue weighted by Gasteiger charge is 2.43. The molecular formula is C54H36BNO2Si. The Hall–Kier alpha value is -7.34. The van der Waals surface area contributed by atoms with Crippen molar-refractivity contribution in [2.24, 2.45) is 0 Å². The lowest BCUT2D eigenvalue weighted by Gasteiger charge is -2.35. The van der Waals surface area contributed by atoms with E-state index >= 15 is 0 Å². The summed E-state index contributed by atoms with van der Waals surface area (Å²) in [5.74, 6) is 3.42. The SMILES string of the molecule is c1ccc([Si](c2ccccc2)(c2ccccc2)c2cccc(-c3ccc4c5c3Oc3cc(-n6c7ccccc7c7ccccc76)ccc3B5c3ccccc3O4)c2)cc1. The first kappa shape index (κ1) is 33.8. The molecule has 3 nitrogen and oxygen atoms in total. The highest BCUT2D eigenvalue weighted by molar-refractivity contribution is 7.20. The van der Waals surface area contributed by atoms with Crippen molar-refractivity contribution in [3.8, 4) is 39.8 Å². The first-order valence-corrected chi connectivity index (χ1v) is 22.3. The van der Waals surface area contributed by atoms with E-state index in [0.717, 1.165) is 56.2 Å². The van der Waals surface area contributed by atoms with Gasteiger partial charge < -0.3 is 14.0 Å². The van der Waals surface area contributed by atoms with Gasteiger partial charge in [-0.1, -0.05) is 176 Å². The molecular weight excluding hydrogens is 733 g/mol. The molecule has 0 atom stereocenters. The van der Waals surface area contributed by atoms with E-state index in [1.54, 1.807) is 0 Å². The maximum absolute atomic E-state index is 7.29. The lowest BCUT2D eigenvalue weighted by Crippen LogP contribution is -2.74. The summed E-state index contributed by atoms with van der Waals surface area (Å²) in [4.78, 5) is 0. The van der Waals surface area contributed by atoms with Crippen molar-refractivity contribution in [3.05, 3.63) is 218 Å². The number of nitrogens with zero attached hydrogens (tertiary/aromatic N) is 1. The van der Waals surface area contributed by atoms with Gasteiger partial charge in [0.05, 0.1) is 11.0 Å². The van der Waals surface area contributed by atoms with E-state index in [9.17, 15) is 0 Å². The minimum Gasteiger partial charge on any atom is -0.458 e. The molecule has 2 aliphatic heterocycles. The van der Waals surface area contributed by atoms with Crippen LogP contribution in [0.2, 0.25) is 0 Å². The maximum atomic E-state index is 7.29. The van der Waals surface area contributed by atoms with Gasteiger partial charge >= 0.3 is 0 Å². The zero-order valence-electron chi connectivity index (χ0n) is 32.1. The second-order valence-corrected chi connectivity index (χ2v) is 19.4. The summed E-state index contributed by atoms with van der Waals surface area (Å²) < 4.78 is 16.3. The zero-order valence-corrected chi connectivity index (χ0v) is 33.1. The summed E-state index contributed by atoms with van der Waals surface area (Å²) in [7, 11) is -2.78. The molecule has 5 heteroatoms. The molecule has 0 bridgehead atoms. The van der Waals surface area contributed by atoms with Crippen molar-refractivity contribution in [2.75, 3.05) is 0 Å². The normalized spacial score (nSPS) is 12.6. The number of hydrogen-bond acceptors (Lipinski definition) is 2. The van der Waals surface area contributed by atoms with E-state index < -0.39 is 8.07 Å². The monoisotopic (exact) mass is 769 g/mol. The van der Waals surface area contributed by atoms with Crippen LogP contribution in [0, 0.1) is 0 Å². The lowest BCUT2D eigenvalue weighted by atomic mass is 9.34. The molecule has 2 aliphatic rings. The molecule has 0 radical (unpaired) electrons. The Labute approximate surface area is 344 Å². The van der Waals surface area contributed by atoms with Crippen molar-refractivity contribution < 1.29 is 9.47 Å². The van der Waals surface area contributed by atoms with Crippen LogP contribution in [0.3, 0.4) is 0 Å². The molecule has 9 aromatic carbocycles. The summed E-state index contributed by atoms with van der Waals surface area (Å²) >= 11 is 0. The molecule has 0 spiro atoms. The van der Waals surface area contributed by atoms with E-state index in [-0.39, 0.29) is 6.71 Å². The topological polar surface area (TPSA) is 23.4 Å². The van der Waals surface area contributed by atoms with E-state index in [2.05, 4.69) is 223 Å². The van der Waals surface area contributed by atoms with Crippen LogP contribution in [-0.2, 0) is 0 Å². The second-order valence-electron chi connectivity index (χ2n) is 15.5. The van der Waals surface area contributed by atoms with Gasteiger partial charge in [-0.3, -0.25) is 0 Å². The van der Waals surface area contributed by atoms with Gasteiger partial charge in [0.2, 0.25) is 0 Å². The van der Waals surface area contributed by atoms with Crippen LogP contribution in [0.1, 0.15) is 0 Å². The summed E-state index contributed by atoms with van der Waals surface area (Å²) in [5.41, 5.74) is 8.91. The van der Waals surface area contributed by atoms with Crippen molar-refractivity contribution in [3.63, 3.8) is 0 Å². The molecule has 10 aromatic rings. The van der Waals surface area contributed by atoms with Crippen molar-refractivity contribution >= 4 is 73.7 Å². The van der Waals surface area contributed by atoms with Gasteiger partial charge in [-0.25, -0.2) is 0 Å². The predicted molar refractivity (Wildman–Crippen MR) is 248 cm³/mol. The summed E-state index contributed by atoms with van der Waals surface area (Å²) in [5, 5.41) is 7.81. The summed E-state index contributed by atoms with van der Waals surface area (Å²) in [6, 6.07) is 79.4. The third kappa shape index (κ3) is 5.08. The fourth-order valence-electron chi connectivity index (χ4n) is 9.97. The number of aromatic nitrogens is 1. The summed E-state index contributed by atoms with van der Waals surface area (Å²) in [6.07, 6.45) is 0. The first-order valence-electron chi connectivity index (χ1n) is 20.3. The van der Waals surface area contributed by atoms with Gasteiger partial charge in [0.1, 0.15) is 23.0 Å². The molecule has 0 fully saturated rings. The number of para-hydroxylation sites is 3. The minimum atomic E-state index is -2.78. The van der Waals surface area contributed by atoms with Crippen molar-refractivity contribution in [2.45, 2.75) is 0 Å². The van der Waals surface area contributed by atoms with E-state index in [1.807, 2.05) is 0 Å². The smallest absolute Gasteiger partial charge is 0.260 e.